The number of para-hydroxylation sites is 1. The quantitative estimate of drug-likeness (QED) is 0.441. The molecule has 4 rings (SSSR count). The average Bonchev–Trinajstić information content (AvgIpc) is 2.71. The summed E-state index contributed by atoms with van der Waals surface area (Å²) in [5.41, 5.74) is -0.00897. The van der Waals surface area contributed by atoms with Gasteiger partial charge in [-0.2, -0.15) is 18.3 Å². The third-order valence-electron chi connectivity index (χ3n) is 4.57. The molecule has 0 radical (unpaired) electrons. The zero-order valence-electron chi connectivity index (χ0n) is 14.9. The van der Waals surface area contributed by atoms with Crippen LogP contribution in [0.25, 0.3) is 22.2 Å². The number of hydrogen-bond acceptors (Lipinski definition) is 2. The molecule has 0 N–H and O–H groups in total. The Balaban J connectivity index is 1.91. The van der Waals surface area contributed by atoms with Gasteiger partial charge in [-0.1, -0.05) is 36.4 Å². The number of fused-ring (bicyclic) bond motifs is 1. The van der Waals surface area contributed by atoms with Gasteiger partial charge < -0.3 is 0 Å². The molecule has 29 heavy (non-hydrogen) atoms. The molecule has 0 fully saturated rings. The fourth-order valence-electron chi connectivity index (χ4n) is 3.15. The molecule has 0 saturated carbocycles. The Bertz CT molecular complexity index is 1240. The van der Waals surface area contributed by atoms with Gasteiger partial charge in [-0.25, -0.2) is 4.39 Å². The van der Waals surface area contributed by atoms with Gasteiger partial charge >= 0.3 is 6.18 Å². The lowest BCUT2D eigenvalue weighted by Gasteiger charge is -2.13. The van der Waals surface area contributed by atoms with Crippen molar-refractivity contribution in [3.8, 4) is 11.3 Å². The van der Waals surface area contributed by atoms with Crippen LogP contribution < -0.4 is 5.43 Å². The molecule has 0 unspecified atom stereocenters. The number of rotatable bonds is 3. The van der Waals surface area contributed by atoms with E-state index in [2.05, 4.69) is 5.10 Å². The lowest BCUT2D eigenvalue weighted by molar-refractivity contribution is -0.137. The van der Waals surface area contributed by atoms with E-state index in [4.69, 9.17) is 0 Å². The topological polar surface area (TPSA) is 34.9 Å². The number of nitrogens with zero attached hydrogens (tertiary/aromatic N) is 2. The third kappa shape index (κ3) is 3.76. The van der Waals surface area contributed by atoms with Crippen molar-refractivity contribution in [3.63, 3.8) is 0 Å². The van der Waals surface area contributed by atoms with Gasteiger partial charge in [0, 0.05) is 10.9 Å². The number of alkyl halides is 3. The number of aromatic nitrogens is 2. The van der Waals surface area contributed by atoms with Crippen LogP contribution in [0.15, 0.2) is 77.6 Å². The lowest BCUT2D eigenvalue weighted by Crippen LogP contribution is -2.17. The minimum atomic E-state index is -4.53. The smallest absolute Gasteiger partial charge is 0.287 e. The molecule has 0 saturated heterocycles. The monoisotopic (exact) mass is 398 g/mol. The molecule has 3 aromatic carbocycles. The molecule has 0 aliphatic rings. The molecule has 1 aromatic heterocycles. The van der Waals surface area contributed by atoms with Gasteiger partial charge in [-0.3, -0.25) is 9.48 Å². The molecular weight excluding hydrogens is 384 g/mol. The summed E-state index contributed by atoms with van der Waals surface area (Å²) in [5.74, 6) is -0.379. The Morgan fingerprint density at radius 2 is 1.62 bits per heavy atom. The second-order valence-electron chi connectivity index (χ2n) is 6.56. The molecule has 0 spiro atoms. The van der Waals surface area contributed by atoms with Gasteiger partial charge in [0.25, 0.3) is 0 Å². The van der Waals surface area contributed by atoms with Crippen LogP contribution in [0.5, 0.6) is 0 Å². The Hall–Kier alpha value is -3.48. The van der Waals surface area contributed by atoms with Crippen LogP contribution in [0, 0.1) is 5.82 Å². The standard InChI is InChI=1S/C22H14F4N2O/c23-17-10-8-14(9-11-17)13-28-19-7-2-1-6-18(19)21(29)20(27-28)15-4-3-5-16(12-15)22(24,25)26/h1-12H,13H2. The first-order chi connectivity index (χ1) is 13.8. The minimum absolute atomic E-state index is 0.0723. The van der Waals surface area contributed by atoms with Gasteiger partial charge in [0.15, 0.2) is 0 Å². The van der Waals surface area contributed by atoms with E-state index in [-0.39, 0.29) is 23.6 Å². The van der Waals surface area contributed by atoms with Crippen LogP contribution in [0.4, 0.5) is 17.6 Å². The van der Waals surface area contributed by atoms with Crippen molar-refractivity contribution in [1.29, 1.82) is 0 Å². The second kappa shape index (κ2) is 7.16. The zero-order chi connectivity index (χ0) is 20.6. The summed E-state index contributed by atoms with van der Waals surface area (Å²) in [6, 6.07) is 17.1. The third-order valence-corrected chi connectivity index (χ3v) is 4.57. The van der Waals surface area contributed by atoms with Crippen LogP contribution >= 0.6 is 0 Å². The van der Waals surface area contributed by atoms with Gasteiger partial charge in [0.2, 0.25) is 5.43 Å². The Morgan fingerprint density at radius 3 is 2.34 bits per heavy atom. The van der Waals surface area contributed by atoms with E-state index in [0.29, 0.717) is 10.9 Å². The first-order valence-corrected chi connectivity index (χ1v) is 8.75. The van der Waals surface area contributed by atoms with Crippen molar-refractivity contribution >= 4 is 10.9 Å². The highest BCUT2D eigenvalue weighted by Crippen LogP contribution is 2.31. The SMILES string of the molecule is O=c1c(-c2cccc(C(F)(F)F)c2)nn(Cc2ccc(F)cc2)c2ccccc12. The summed E-state index contributed by atoms with van der Waals surface area (Å²) in [6.07, 6.45) is -4.53. The molecule has 4 aromatic rings. The van der Waals surface area contributed by atoms with E-state index in [1.165, 1.54) is 24.3 Å². The number of hydrogen-bond donors (Lipinski definition) is 0. The zero-order valence-corrected chi connectivity index (χ0v) is 14.9. The number of halogens is 4. The Morgan fingerprint density at radius 1 is 0.897 bits per heavy atom. The molecule has 1 heterocycles. The maximum atomic E-state index is 13.2. The predicted octanol–water partition coefficient (Wildman–Crippen LogP) is 5.27. The Kier molecular flexibility index (Phi) is 4.66. The first kappa shape index (κ1) is 18.9. The molecular formula is C22H14F4N2O. The molecule has 3 nitrogen and oxygen atoms in total. The van der Waals surface area contributed by atoms with E-state index in [0.717, 1.165) is 17.7 Å². The van der Waals surface area contributed by atoms with Gasteiger partial charge in [-0.15, -0.1) is 0 Å². The Labute approximate surface area is 162 Å². The van der Waals surface area contributed by atoms with Crippen molar-refractivity contribution in [2.45, 2.75) is 12.7 Å². The van der Waals surface area contributed by atoms with Crippen molar-refractivity contribution in [1.82, 2.24) is 9.78 Å². The van der Waals surface area contributed by atoms with Crippen LogP contribution in [-0.4, -0.2) is 9.78 Å². The van der Waals surface area contributed by atoms with Crippen LogP contribution in [0.1, 0.15) is 11.1 Å². The second-order valence-corrected chi connectivity index (χ2v) is 6.56. The van der Waals surface area contributed by atoms with E-state index < -0.39 is 17.2 Å². The minimum Gasteiger partial charge on any atom is -0.287 e. The maximum Gasteiger partial charge on any atom is 0.416 e. The summed E-state index contributed by atoms with van der Waals surface area (Å²) >= 11 is 0. The average molecular weight is 398 g/mol. The van der Waals surface area contributed by atoms with E-state index in [1.807, 2.05) is 0 Å². The van der Waals surface area contributed by atoms with Crippen LogP contribution in [0.3, 0.4) is 0 Å². The molecule has 0 aliphatic heterocycles. The van der Waals surface area contributed by atoms with E-state index in [9.17, 15) is 22.4 Å². The maximum absolute atomic E-state index is 13.2. The summed E-state index contributed by atoms with van der Waals surface area (Å²) in [6.45, 7) is 0.229. The van der Waals surface area contributed by atoms with Gasteiger partial charge in [0.05, 0.1) is 17.6 Å². The predicted molar refractivity (Wildman–Crippen MR) is 102 cm³/mol. The molecule has 0 atom stereocenters. The highest BCUT2D eigenvalue weighted by atomic mass is 19.4. The molecule has 0 aliphatic carbocycles. The van der Waals surface area contributed by atoms with Gasteiger partial charge in [0.1, 0.15) is 11.5 Å². The summed E-state index contributed by atoms with van der Waals surface area (Å²) < 4.78 is 54.0. The normalized spacial score (nSPS) is 11.7. The van der Waals surface area contributed by atoms with Crippen molar-refractivity contribution in [2.24, 2.45) is 0 Å². The van der Waals surface area contributed by atoms with Crippen molar-refractivity contribution in [2.75, 3.05) is 0 Å². The van der Waals surface area contributed by atoms with Crippen LogP contribution in [-0.2, 0) is 12.7 Å². The number of benzene rings is 3. The van der Waals surface area contributed by atoms with Crippen LogP contribution in [0.2, 0.25) is 0 Å². The van der Waals surface area contributed by atoms with Crippen molar-refractivity contribution < 1.29 is 17.6 Å². The summed E-state index contributed by atoms with van der Waals surface area (Å²) in [7, 11) is 0. The van der Waals surface area contributed by atoms with E-state index >= 15 is 0 Å². The van der Waals surface area contributed by atoms with E-state index in [1.54, 1.807) is 41.1 Å². The highest BCUT2D eigenvalue weighted by molar-refractivity contribution is 5.82. The highest BCUT2D eigenvalue weighted by Gasteiger charge is 2.30. The molecule has 7 heteroatoms. The largest absolute Gasteiger partial charge is 0.416 e. The first-order valence-electron chi connectivity index (χ1n) is 8.75. The fraction of sp³-hybridized carbons (Fsp3) is 0.0909. The summed E-state index contributed by atoms with van der Waals surface area (Å²) in [4.78, 5) is 12.9. The van der Waals surface area contributed by atoms with Crippen molar-refractivity contribution in [3.05, 3.63) is 100.0 Å². The lowest BCUT2D eigenvalue weighted by atomic mass is 10.1. The molecule has 0 amide bonds. The fourth-order valence-corrected chi connectivity index (χ4v) is 3.15. The summed E-state index contributed by atoms with van der Waals surface area (Å²) in [5, 5.41) is 4.70. The van der Waals surface area contributed by atoms with Gasteiger partial charge in [-0.05, 0) is 42.0 Å². The molecule has 146 valence electrons. The molecule has 0 bridgehead atoms.